The second-order valence-electron chi connectivity index (χ2n) is 9.77. The second kappa shape index (κ2) is 10.8. The van der Waals surface area contributed by atoms with Crippen molar-refractivity contribution in [2.75, 3.05) is 39.4 Å². The molecular formula is C27H37N3O5. The zero-order valence-corrected chi connectivity index (χ0v) is 21.3. The van der Waals surface area contributed by atoms with E-state index in [1.165, 1.54) is 5.56 Å². The van der Waals surface area contributed by atoms with E-state index in [-0.39, 0.29) is 24.3 Å². The fraction of sp³-hybridized carbons (Fsp3) is 0.593. The molecule has 8 heteroatoms. The molecule has 1 unspecified atom stereocenters. The minimum atomic E-state index is -1.06. The van der Waals surface area contributed by atoms with Crippen molar-refractivity contribution in [2.24, 2.45) is 0 Å². The lowest BCUT2D eigenvalue weighted by molar-refractivity contribution is -0.170. The van der Waals surface area contributed by atoms with Gasteiger partial charge in [-0.15, -0.1) is 0 Å². The predicted molar refractivity (Wildman–Crippen MR) is 132 cm³/mol. The van der Waals surface area contributed by atoms with Crippen molar-refractivity contribution in [3.63, 3.8) is 0 Å². The lowest BCUT2D eigenvalue weighted by Crippen LogP contribution is -2.62. The Morgan fingerprint density at radius 2 is 1.97 bits per heavy atom. The van der Waals surface area contributed by atoms with Gasteiger partial charge in [-0.2, -0.15) is 0 Å². The van der Waals surface area contributed by atoms with Crippen LogP contribution < -0.4 is 4.74 Å². The van der Waals surface area contributed by atoms with E-state index in [4.69, 9.17) is 14.0 Å². The monoisotopic (exact) mass is 483 g/mol. The standard InChI is InChI=1S/C27H37N3O5/c1-5-29-14-16-33-22-12-7-6-10-21(22)11-8-9-13-27(26(29)32)18-30(15-17-34-27)25(31)23-20(4)35-28-24(23)19(2)3/h6-7,10,12,19H,5,8-9,11,13-18H2,1-4H3. The van der Waals surface area contributed by atoms with E-state index in [1.54, 1.807) is 16.7 Å². The number of hydrogen-bond acceptors (Lipinski definition) is 6. The number of aromatic nitrogens is 1. The Morgan fingerprint density at radius 3 is 2.74 bits per heavy atom. The van der Waals surface area contributed by atoms with Gasteiger partial charge in [0.2, 0.25) is 0 Å². The minimum absolute atomic E-state index is 0.0582. The van der Waals surface area contributed by atoms with Crippen LogP contribution in [0.3, 0.4) is 0 Å². The van der Waals surface area contributed by atoms with Gasteiger partial charge in [0, 0.05) is 13.1 Å². The van der Waals surface area contributed by atoms with Crippen molar-refractivity contribution in [3.05, 3.63) is 46.8 Å². The highest BCUT2D eigenvalue weighted by atomic mass is 16.5. The zero-order chi connectivity index (χ0) is 25.0. The number of carbonyl (C=O) groups excluding carboxylic acids is 2. The number of benzene rings is 1. The molecule has 2 aliphatic heterocycles. The molecule has 0 radical (unpaired) electrons. The number of rotatable bonds is 3. The maximum absolute atomic E-state index is 13.9. The highest BCUT2D eigenvalue weighted by molar-refractivity contribution is 5.97. The summed E-state index contributed by atoms with van der Waals surface area (Å²) < 4.78 is 17.7. The van der Waals surface area contributed by atoms with Gasteiger partial charge in [0.25, 0.3) is 11.8 Å². The molecule has 1 aromatic carbocycles. The van der Waals surface area contributed by atoms with Crippen molar-refractivity contribution in [2.45, 2.75) is 64.9 Å². The van der Waals surface area contributed by atoms with E-state index < -0.39 is 5.60 Å². The predicted octanol–water partition coefficient (Wildman–Crippen LogP) is 3.97. The lowest BCUT2D eigenvalue weighted by atomic mass is 9.90. The van der Waals surface area contributed by atoms with Crippen molar-refractivity contribution < 1.29 is 23.6 Å². The molecule has 190 valence electrons. The first-order chi connectivity index (χ1) is 16.9. The van der Waals surface area contributed by atoms with Gasteiger partial charge < -0.3 is 23.8 Å². The van der Waals surface area contributed by atoms with E-state index in [0.29, 0.717) is 56.3 Å². The number of fused-ring (bicyclic) bond motifs is 1. The average molecular weight is 484 g/mol. The third-order valence-electron chi connectivity index (χ3n) is 7.05. The van der Waals surface area contributed by atoms with Crippen LogP contribution in [-0.2, 0) is 16.0 Å². The van der Waals surface area contributed by atoms with Crippen LogP contribution in [0.15, 0.2) is 28.8 Å². The van der Waals surface area contributed by atoms with Crippen LogP contribution in [-0.4, -0.2) is 71.8 Å². The summed E-state index contributed by atoms with van der Waals surface area (Å²) in [4.78, 5) is 31.1. The highest BCUT2D eigenvalue weighted by Gasteiger charge is 2.47. The van der Waals surface area contributed by atoms with Crippen molar-refractivity contribution in [1.29, 1.82) is 0 Å². The summed E-state index contributed by atoms with van der Waals surface area (Å²) >= 11 is 0. The summed E-state index contributed by atoms with van der Waals surface area (Å²) in [5, 5.41) is 4.12. The van der Waals surface area contributed by atoms with Gasteiger partial charge in [-0.3, -0.25) is 9.59 Å². The Morgan fingerprint density at radius 1 is 1.17 bits per heavy atom. The Hall–Kier alpha value is -2.87. The number of aryl methyl sites for hydroxylation is 2. The number of para-hydroxylation sites is 1. The van der Waals surface area contributed by atoms with Crippen LogP contribution in [0.1, 0.15) is 73.3 Å². The molecule has 1 aromatic heterocycles. The van der Waals surface area contributed by atoms with Crippen LogP contribution in [0.5, 0.6) is 5.75 Å². The Labute approximate surface area is 207 Å². The largest absolute Gasteiger partial charge is 0.491 e. The lowest BCUT2D eigenvalue weighted by Gasteiger charge is -2.44. The Bertz CT molecular complexity index is 1050. The molecule has 4 rings (SSSR count). The molecule has 2 amide bonds. The summed E-state index contributed by atoms with van der Waals surface area (Å²) in [5.41, 5.74) is 1.28. The molecule has 1 spiro atoms. The number of likely N-dealkylation sites (N-methyl/N-ethyl adjacent to an activating group) is 1. The van der Waals surface area contributed by atoms with Gasteiger partial charge in [-0.25, -0.2) is 0 Å². The first kappa shape index (κ1) is 25.2. The van der Waals surface area contributed by atoms with Crippen molar-refractivity contribution in [1.82, 2.24) is 15.0 Å². The molecule has 1 fully saturated rings. The summed E-state index contributed by atoms with van der Waals surface area (Å²) in [6, 6.07) is 8.10. The molecule has 2 aromatic rings. The van der Waals surface area contributed by atoms with Crippen LogP contribution in [0, 0.1) is 6.92 Å². The zero-order valence-electron chi connectivity index (χ0n) is 21.3. The van der Waals surface area contributed by atoms with Crippen molar-refractivity contribution in [3.8, 4) is 5.75 Å². The van der Waals surface area contributed by atoms with Gasteiger partial charge in [-0.05, 0) is 57.1 Å². The molecule has 0 bridgehead atoms. The van der Waals surface area contributed by atoms with Gasteiger partial charge in [-0.1, -0.05) is 37.2 Å². The third kappa shape index (κ3) is 5.22. The number of carbonyl (C=O) groups is 2. The third-order valence-corrected chi connectivity index (χ3v) is 7.05. The second-order valence-corrected chi connectivity index (χ2v) is 9.77. The molecule has 0 saturated carbocycles. The van der Waals surface area contributed by atoms with Crippen LogP contribution in [0.25, 0.3) is 0 Å². The van der Waals surface area contributed by atoms with Gasteiger partial charge in [0.05, 0.1) is 25.4 Å². The number of ether oxygens (including phenoxy) is 2. The summed E-state index contributed by atoms with van der Waals surface area (Å²) in [7, 11) is 0. The molecule has 1 atom stereocenters. The molecule has 2 aliphatic rings. The molecule has 0 N–H and O–H groups in total. The molecule has 0 aliphatic carbocycles. The number of nitrogens with zero attached hydrogens (tertiary/aromatic N) is 3. The van der Waals surface area contributed by atoms with E-state index in [9.17, 15) is 9.59 Å². The molecule has 3 heterocycles. The number of amides is 2. The maximum atomic E-state index is 13.9. The molecular weight excluding hydrogens is 446 g/mol. The van der Waals surface area contributed by atoms with E-state index in [2.05, 4.69) is 11.2 Å². The van der Waals surface area contributed by atoms with Gasteiger partial charge in [0.1, 0.15) is 23.7 Å². The van der Waals surface area contributed by atoms with Gasteiger partial charge in [0.15, 0.2) is 5.60 Å². The fourth-order valence-electron chi connectivity index (χ4n) is 5.08. The van der Waals surface area contributed by atoms with Crippen LogP contribution >= 0.6 is 0 Å². The summed E-state index contributed by atoms with van der Waals surface area (Å²) in [6.07, 6.45) is 3.15. The summed E-state index contributed by atoms with van der Waals surface area (Å²) in [6.45, 7) is 10.1. The topological polar surface area (TPSA) is 85.1 Å². The Kier molecular flexibility index (Phi) is 7.79. The minimum Gasteiger partial charge on any atom is -0.491 e. The number of morpholine rings is 1. The maximum Gasteiger partial charge on any atom is 0.259 e. The first-order valence-electron chi connectivity index (χ1n) is 12.8. The fourth-order valence-corrected chi connectivity index (χ4v) is 5.08. The smallest absolute Gasteiger partial charge is 0.259 e. The summed E-state index contributed by atoms with van der Waals surface area (Å²) in [5.74, 6) is 1.25. The van der Waals surface area contributed by atoms with E-state index in [0.717, 1.165) is 25.0 Å². The molecule has 8 nitrogen and oxygen atoms in total. The molecule has 35 heavy (non-hydrogen) atoms. The van der Waals surface area contributed by atoms with Crippen molar-refractivity contribution >= 4 is 11.8 Å². The van der Waals surface area contributed by atoms with Crippen LogP contribution in [0.4, 0.5) is 0 Å². The molecule has 1 saturated heterocycles. The average Bonchev–Trinajstić information content (AvgIpc) is 3.25. The van der Waals surface area contributed by atoms with E-state index >= 15 is 0 Å². The Balaban J connectivity index is 1.59. The highest BCUT2D eigenvalue weighted by Crippen LogP contribution is 2.31. The quantitative estimate of drug-likeness (QED) is 0.657. The number of hydrogen-bond donors (Lipinski definition) is 0. The van der Waals surface area contributed by atoms with Crippen LogP contribution in [0.2, 0.25) is 0 Å². The van der Waals surface area contributed by atoms with Gasteiger partial charge >= 0.3 is 0 Å². The first-order valence-corrected chi connectivity index (χ1v) is 12.8. The van der Waals surface area contributed by atoms with E-state index in [1.807, 2.05) is 39.0 Å². The normalized spacial score (nSPS) is 21.9. The SMILES string of the molecule is CCN1CCOc2ccccc2CCCCC2(CN(C(=O)c3c(C(C)C)noc3C)CCO2)C1=O.